The van der Waals surface area contributed by atoms with E-state index in [0.717, 1.165) is 15.6 Å². The number of amides is 2. The highest BCUT2D eigenvalue weighted by atomic mass is 79.9. The molecule has 0 aliphatic carbocycles. The van der Waals surface area contributed by atoms with E-state index in [0.29, 0.717) is 5.69 Å². The number of fused-ring (bicyclic) bond motifs is 1. The van der Waals surface area contributed by atoms with Crippen LogP contribution in [0.1, 0.15) is 27.5 Å². The fraction of sp³-hybridized carbons (Fsp3) is 0.0909. The molecule has 3 aromatic rings. The summed E-state index contributed by atoms with van der Waals surface area (Å²) in [6.45, 7) is -0.182. The van der Waals surface area contributed by atoms with Crippen molar-refractivity contribution in [2.45, 2.75) is 6.04 Å². The molecule has 4 nitrogen and oxygen atoms in total. The molecule has 1 aliphatic heterocycles. The van der Waals surface area contributed by atoms with Gasteiger partial charge in [0.15, 0.2) is 0 Å². The first-order valence-corrected chi connectivity index (χ1v) is 9.53. The van der Waals surface area contributed by atoms with Crippen LogP contribution in [0.4, 0.5) is 10.1 Å². The maximum absolute atomic E-state index is 14.3. The summed E-state index contributed by atoms with van der Waals surface area (Å²) >= 11 is 3.47. The van der Waals surface area contributed by atoms with Gasteiger partial charge in [-0.3, -0.25) is 9.59 Å². The molecule has 1 atom stereocenters. The lowest BCUT2D eigenvalue weighted by Crippen LogP contribution is -2.39. The van der Waals surface area contributed by atoms with Crippen LogP contribution in [0, 0.1) is 5.82 Å². The van der Waals surface area contributed by atoms with Crippen molar-refractivity contribution in [1.29, 1.82) is 0 Å². The Morgan fingerprint density at radius 1 is 1.04 bits per heavy atom. The third-order valence-electron chi connectivity index (χ3n) is 4.69. The predicted octanol–water partition coefficient (Wildman–Crippen LogP) is 4.77. The van der Waals surface area contributed by atoms with Gasteiger partial charge in [-0.05, 0) is 35.9 Å². The van der Waals surface area contributed by atoms with E-state index < -0.39 is 17.8 Å². The van der Waals surface area contributed by atoms with Gasteiger partial charge in [-0.15, -0.1) is 0 Å². The summed E-state index contributed by atoms with van der Waals surface area (Å²) in [5, 5.41) is 2.85. The fourth-order valence-corrected chi connectivity index (χ4v) is 3.83. The Bertz CT molecular complexity index is 1060. The largest absolute Gasteiger partial charge is 0.324 e. The minimum absolute atomic E-state index is 0.0605. The standard InChI is InChI=1S/C22H16BrFN2O2/c23-15-10-11-19-17(12-15)21(14-6-2-1-3-7-14)26(13-20(27)25-19)22(28)16-8-4-5-9-18(16)24/h1-12,21H,13H2,(H,25,27)/t21-/m0/s1. The molecule has 0 fully saturated rings. The number of nitrogens with zero attached hydrogens (tertiary/aromatic N) is 1. The van der Waals surface area contributed by atoms with Crippen molar-refractivity contribution < 1.29 is 14.0 Å². The highest BCUT2D eigenvalue weighted by molar-refractivity contribution is 9.10. The molecule has 28 heavy (non-hydrogen) atoms. The average molecular weight is 439 g/mol. The monoisotopic (exact) mass is 438 g/mol. The first-order valence-electron chi connectivity index (χ1n) is 8.74. The van der Waals surface area contributed by atoms with Crippen molar-refractivity contribution in [3.8, 4) is 0 Å². The third-order valence-corrected chi connectivity index (χ3v) is 5.18. The van der Waals surface area contributed by atoms with Crippen LogP contribution in [0.25, 0.3) is 0 Å². The van der Waals surface area contributed by atoms with Crippen LogP contribution < -0.4 is 5.32 Å². The Balaban J connectivity index is 1.91. The van der Waals surface area contributed by atoms with Crippen LogP contribution in [0.2, 0.25) is 0 Å². The summed E-state index contributed by atoms with van der Waals surface area (Å²) in [6.07, 6.45) is 0. The van der Waals surface area contributed by atoms with Crippen molar-refractivity contribution in [1.82, 2.24) is 4.90 Å². The van der Waals surface area contributed by atoms with E-state index in [1.807, 2.05) is 42.5 Å². The van der Waals surface area contributed by atoms with E-state index in [9.17, 15) is 14.0 Å². The van der Waals surface area contributed by atoms with Gasteiger partial charge in [0.1, 0.15) is 12.4 Å². The maximum Gasteiger partial charge on any atom is 0.258 e. The fourth-order valence-electron chi connectivity index (χ4n) is 3.45. The number of rotatable bonds is 2. The van der Waals surface area contributed by atoms with E-state index in [1.54, 1.807) is 12.1 Å². The minimum atomic E-state index is -0.613. The predicted molar refractivity (Wildman–Crippen MR) is 108 cm³/mol. The summed E-state index contributed by atoms with van der Waals surface area (Å²) in [7, 11) is 0. The van der Waals surface area contributed by atoms with Crippen LogP contribution in [0.3, 0.4) is 0 Å². The van der Waals surface area contributed by atoms with Gasteiger partial charge >= 0.3 is 0 Å². The molecule has 4 rings (SSSR count). The molecule has 0 radical (unpaired) electrons. The Hall–Kier alpha value is -2.99. The number of hydrogen-bond acceptors (Lipinski definition) is 2. The summed E-state index contributed by atoms with van der Waals surface area (Å²) < 4.78 is 15.1. The second kappa shape index (κ2) is 7.56. The van der Waals surface area contributed by atoms with Crippen molar-refractivity contribution in [2.75, 3.05) is 11.9 Å². The van der Waals surface area contributed by atoms with Gasteiger partial charge in [0.2, 0.25) is 5.91 Å². The zero-order valence-corrected chi connectivity index (χ0v) is 16.3. The van der Waals surface area contributed by atoms with Crippen molar-refractivity contribution in [2.24, 2.45) is 0 Å². The second-order valence-corrected chi connectivity index (χ2v) is 7.42. The lowest BCUT2D eigenvalue weighted by atomic mass is 9.95. The second-order valence-electron chi connectivity index (χ2n) is 6.51. The first kappa shape index (κ1) is 18.4. The van der Waals surface area contributed by atoms with Gasteiger partial charge in [-0.1, -0.05) is 58.4 Å². The number of hydrogen-bond donors (Lipinski definition) is 1. The molecule has 3 aromatic carbocycles. The number of benzene rings is 3. The SMILES string of the molecule is O=C1CN(C(=O)c2ccccc2F)[C@@H](c2ccccc2)c2cc(Br)ccc2N1. The van der Waals surface area contributed by atoms with Crippen molar-refractivity contribution >= 4 is 33.4 Å². The molecule has 2 amide bonds. The van der Waals surface area contributed by atoms with E-state index in [1.165, 1.54) is 23.1 Å². The highest BCUT2D eigenvalue weighted by Crippen LogP contribution is 2.38. The van der Waals surface area contributed by atoms with Crippen LogP contribution in [0.15, 0.2) is 77.3 Å². The molecule has 0 unspecified atom stereocenters. The van der Waals surface area contributed by atoms with Gasteiger partial charge in [0, 0.05) is 15.7 Å². The number of carbonyl (C=O) groups is 2. The molecular weight excluding hydrogens is 423 g/mol. The van der Waals surface area contributed by atoms with E-state index in [2.05, 4.69) is 21.2 Å². The quantitative estimate of drug-likeness (QED) is 0.626. The Morgan fingerprint density at radius 3 is 2.50 bits per heavy atom. The molecule has 140 valence electrons. The van der Waals surface area contributed by atoms with Crippen LogP contribution in [0.5, 0.6) is 0 Å². The molecule has 1 aliphatic rings. The molecule has 0 bridgehead atoms. The molecule has 6 heteroatoms. The normalized spacial score (nSPS) is 16.1. The lowest BCUT2D eigenvalue weighted by molar-refractivity contribution is -0.117. The summed E-state index contributed by atoms with van der Waals surface area (Å²) in [5.41, 5.74) is 2.17. The van der Waals surface area contributed by atoms with Gasteiger partial charge < -0.3 is 10.2 Å². The summed E-state index contributed by atoms with van der Waals surface area (Å²) in [5.74, 6) is -1.47. The van der Waals surface area contributed by atoms with Crippen LogP contribution in [-0.4, -0.2) is 23.3 Å². The van der Waals surface area contributed by atoms with Gasteiger partial charge in [-0.25, -0.2) is 4.39 Å². The van der Waals surface area contributed by atoms with Crippen LogP contribution in [-0.2, 0) is 4.79 Å². The van der Waals surface area contributed by atoms with Gasteiger partial charge in [0.05, 0.1) is 11.6 Å². The molecule has 0 saturated heterocycles. The van der Waals surface area contributed by atoms with Gasteiger partial charge in [-0.2, -0.15) is 0 Å². The first-order chi connectivity index (χ1) is 13.5. The third kappa shape index (κ3) is 3.43. The summed E-state index contributed by atoms with van der Waals surface area (Å²) in [4.78, 5) is 27.2. The smallest absolute Gasteiger partial charge is 0.258 e. The van der Waals surface area contributed by atoms with Crippen molar-refractivity contribution in [3.63, 3.8) is 0 Å². The summed E-state index contributed by atoms with van der Waals surface area (Å²) in [6, 6.07) is 20.2. The highest BCUT2D eigenvalue weighted by Gasteiger charge is 2.34. The maximum atomic E-state index is 14.3. The Morgan fingerprint density at radius 2 is 1.75 bits per heavy atom. The lowest BCUT2D eigenvalue weighted by Gasteiger charge is -2.30. The minimum Gasteiger partial charge on any atom is -0.324 e. The van der Waals surface area contributed by atoms with Crippen molar-refractivity contribution in [3.05, 3.63) is 99.8 Å². The Kier molecular flexibility index (Phi) is 4.96. The molecule has 0 aromatic heterocycles. The van der Waals surface area contributed by atoms with Crippen LogP contribution >= 0.6 is 15.9 Å². The number of anilines is 1. The van der Waals surface area contributed by atoms with E-state index in [-0.39, 0.29) is 18.0 Å². The molecule has 1 heterocycles. The number of nitrogens with one attached hydrogen (secondary N) is 1. The topological polar surface area (TPSA) is 49.4 Å². The molecular formula is C22H16BrFN2O2. The average Bonchev–Trinajstić information content (AvgIpc) is 2.84. The zero-order chi connectivity index (χ0) is 19.7. The zero-order valence-electron chi connectivity index (χ0n) is 14.7. The van der Waals surface area contributed by atoms with Gasteiger partial charge in [0.25, 0.3) is 5.91 Å². The molecule has 0 saturated carbocycles. The number of halogens is 2. The van der Waals surface area contributed by atoms with E-state index in [4.69, 9.17) is 0 Å². The number of carbonyl (C=O) groups excluding carboxylic acids is 2. The molecule has 1 N–H and O–H groups in total. The van der Waals surface area contributed by atoms with E-state index >= 15 is 0 Å². The molecule has 0 spiro atoms. The Labute approximate surface area is 170 Å².